The van der Waals surface area contributed by atoms with Crippen molar-refractivity contribution in [1.29, 1.82) is 0 Å². The minimum absolute atomic E-state index is 0.0393. The fourth-order valence-electron chi connectivity index (χ4n) is 1.47. The molecule has 0 fully saturated rings. The molecule has 0 radical (unpaired) electrons. The van der Waals surface area contributed by atoms with Crippen molar-refractivity contribution in [3.63, 3.8) is 0 Å². The Balaban J connectivity index is 2.04. The van der Waals surface area contributed by atoms with Gasteiger partial charge in [-0.05, 0) is 6.07 Å². The van der Waals surface area contributed by atoms with Gasteiger partial charge in [-0.3, -0.25) is 4.79 Å². The molecule has 84 valence electrons. The van der Waals surface area contributed by atoms with Gasteiger partial charge in [-0.15, -0.1) is 0 Å². The van der Waals surface area contributed by atoms with Crippen molar-refractivity contribution in [2.45, 2.75) is 6.92 Å². The van der Waals surface area contributed by atoms with Gasteiger partial charge in [0.2, 0.25) is 12.7 Å². The van der Waals surface area contributed by atoms with Gasteiger partial charge in [-0.1, -0.05) is 24.3 Å². The largest absolute Gasteiger partial charge is 0.454 e. The summed E-state index contributed by atoms with van der Waals surface area (Å²) in [4.78, 5) is 10.7. The Hall–Kier alpha value is -1.97. The Morgan fingerprint density at radius 2 is 2.38 bits per heavy atom. The summed E-state index contributed by atoms with van der Waals surface area (Å²) in [7, 11) is 0. The number of nitrogens with one attached hydrogen (secondary N) is 1. The second-order valence-corrected chi connectivity index (χ2v) is 3.42. The second kappa shape index (κ2) is 4.70. The lowest BCUT2D eigenvalue weighted by Crippen LogP contribution is -2.19. The number of hydrogen-bond donors (Lipinski definition) is 1. The van der Waals surface area contributed by atoms with Gasteiger partial charge in [0.15, 0.2) is 11.5 Å². The van der Waals surface area contributed by atoms with Crippen molar-refractivity contribution in [1.82, 2.24) is 5.32 Å². The number of benzene rings is 1. The minimum Gasteiger partial charge on any atom is -0.454 e. The molecule has 1 N–H and O–H groups in total. The van der Waals surface area contributed by atoms with Gasteiger partial charge in [0.1, 0.15) is 0 Å². The van der Waals surface area contributed by atoms with Crippen LogP contribution in [0.5, 0.6) is 11.5 Å². The summed E-state index contributed by atoms with van der Waals surface area (Å²) in [5, 5.41) is 2.69. The van der Waals surface area contributed by atoms with E-state index in [1.165, 1.54) is 6.92 Å². The summed E-state index contributed by atoms with van der Waals surface area (Å²) >= 11 is 0. The van der Waals surface area contributed by atoms with E-state index >= 15 is 0 Å². The number of rotatable bonds is 3. The molecule has 0 bridgehead atoms. The molecule has 0 saturated heterocycles. The zero-order valence-electron chi connectivity index (χ0n) is 9.03. The lowest BCUT2D eigenvalue weighted by atomic mass is 10.1. The number of amides is 1. The van der Waals surface area contributed by atoms with E-state index in [1.807, 2.05) is 30.4 Å². The highest BCUT2D eigenvalue weighted by Gasteiger charge is 2.14. The third kappa shape index (κ3) is 2.34. The van der Waals surface area contributed by atoms with Gasteiger partial charge in [-0.25, -0.2) is 0 Å². The normalized spacial score (nSPS) is 13.1. The van der Waals surface area contributed by atoms with Crippen molar-refractivity contribution < 1.29 is 14.3 Å². The maximum Gasteiger partial charge on any atom is 0.231 e. The summed E-state index contributed by atoms with van der Waals surface area (Å²) in [6.07, 6.45) is 3.78. The molecule has 2 rings (SSSR count). The molecule has 4 heteroatoms. The van der Waals surface area contributed by atoms with Crippen LogP contribution in [0.4, 0.5) is 0 Å². The zero-order valence-corrected chi connectivity index (χ0v) is 9.03. The van der Waals surface area contributed by atoms with Crippen LogP contribution in [0.3, 0.4) is 0 Å². The fourth-order valence-corrected chi connectivity index (χ4v) is 1.47. The van der Waals surface area contributed by atoms with Gasteiger partial charge in [0.25, 0.3) is 0 Å². The smallest absolute Gasteiger partial charge is 0.231 e. The van der Waals surface area contributed by atoms with E-state index in [0.717, 1.165) is 17.1 Å². The van der Waals surface area contributed by atoms with Crippen molar-refractivity contribution in [2.75, 3.05) is 13.3 Å². The lowest BCUT2D eigenvalue weighted by Gasteiger charge is -2.00. The highest BCUT2D eigenvalue weighted by Crippen LogP contribution is 2.35. The van der Waals surface area contributed by atoms with Crippen LogP contribution in [0.1, 0.15) is 12.5 Å². The third-order valence-electron chi connectivity index (χ3n) is 2.19. The first-order valence-corrected chi connectivity index (χ1v) is 5.07. The molecule has 4 nitrogen and oxygen atoms in total. The Kier molecular flexibility index (Phi) is 3.10. The third-order valence-corrected chi connectivity index (χ3v) is 2.19. The summed E-state index contributed by atoms with van der Waals surface area (Å²) in [5.74, 6) is 1.49. The van der Waals surface area contributed by atoms with Crippen LogP contribution < -0.4 is 14.8 Å². The molecule has 16 heavy (non-hydrogen) atoms. The average molecular weight is 219 g/mol. The second-order valence-electron chi connectivity index (χ2n) is 3.42. The van der Waals surface area contributed by atoms with Gasteiger partial charge in [-0.2, -0.15) is 0 Å². The van der Waals surface area contributed by atoms with Crippen molar-refractivity contribution >= 4 is 12.0 Å². The van der Waals surface area contributed by atoms with Gasteiger partial charge >= 0.3 is 0 Å². The van der Waals surface area contributed by atoms with E-state index in [2.05, 4.69) is 5.32 Å². The number of para-hydroxylation sites is 1. The topological polar surface area (TPSA) is 47.6 Å². The lowest BCUT2D eigenvalue weighted by molar-refractivity contribution is -0.118. The molecule has 1 aromatic carbocycles. The van der Waals surface area contributed by atoms with Crippen LogP contribution in [0, 0.1) is 0 Å². The van der Waals surface area contributed by atoms with Crippen LogP contribution in [0.25, 0.3) is 6.08 Å². The molecule has 1 aliphatic heterocycles. The number of hydrogen-bond acceptors (Lipinski definition) is 3. The van der Waals surface area contributed by atoms with Crippen LogP contribution in [-0.2, 0) is 4.79 Å². The van der Waals surface area contributed by atoms with Crippen LogP contribution >= 0.6 is 0 Å². The van der Waals surface area contributed by atoms with Crippen LogP contribution in [0.15, 0.2) is 24.3 Å². The molecule has 0 spiro atoms. The average Bonchev–Trinajstić information content (AvgIpc) is 2.72. The molecule has 0 unspecified atom stereocenters. The molecular weight excluding hydrogens is 206 g/mol. The predicted octanol–water partition coefficient (Wildman–Crippen LogP) is 1.56. The number of fused-ring (bicyclic) bond motifs is 1. The Morgan fingerprint density at radius 1 is 1.50 bits per heavy atom. The summed E-state index contributed by atoms with van der Waals surface area (Å²) < 4.78 is 10.6. The first-order chi connectivity index (χ1) is 7.77. The minimum atomic E-state index is -0.0393. The van der Waals surface area contributed by atoms with Crippen molar-refractivity contribution in [2.24, 2.45) is 0 Å². The van der Waals surface area contributed by atoms with Gasteiger partial charge < -0.3 is 14.8 Å². The Bertz CT molecular complexity index is 426. The predicted molar refractivity (Wildman–Crippen MR) is 60.3 cm³/mol. The summed E-state index contributed by atoms with van der Waals surface area (Å²) in [6, 6.07) is 5.72. The SMILES string of the molecule is CC(=O)NCC=Cc1cccc2c1OCO2. The fraction of sp³-hybridized carbons (Fsp3) is 0.250. The molecule has 1 amide bonds. The van der Waals surface area contributed by atoms with Gasteiger partial charge in [0, 0.05) is 19.0 Å². The zero-order chi connectivity index (χ0) is 11.4. The van der Waals surface area contributed by atoms with Crippen LogP contribution in [-0.4, -0.2) is 19.2 Å². The van der Waals surface area contributed by atoms with E-state index in [0.29, 0.717) is 6.54 Å². The maximum absolute atomic E-state index is 10.7. The highest BCUT2D eigenvalue weighted by atomic mass is 16.7. The van der Waals surface area contributed by atoms with E-state index in [9.17, 15) is 4.79 Å². The molecule has 1 aliphatic rings. The van der Waals surface area contributed by atoms with E-state index < -0.39 is 0 Å². The quantitative estimate of drug-likeness (QED) is 0.839. The summed E-state index contributed by atoms with van der Waals surface area (Å²) in [6.45, 7) is 2.27. The maximum atomic E-state index is 10.7. The highest BCUT2D eigenvalue weighted by molar-refractivity contribution is 5.73. The molecule has 0 atom stereocenters. The molecule has 0 aliphatic carbocycles. The number of ether oxygens (including phenoxy) is 2. The molecular formula is C12H13NO3. The van der Waals surface area contributed by atoms with E-state index in [4.69, 9.17) is 9.47 Å². The monoisotopic (exact) mass is 219 g/mol. The molecule has 1 aromatic rings. The van der Waals surface area contributed by atoms with Gasteiger partial charge in [0.05, 0.1) is 0 Å². The number of carbonyl (C=O) groups excluding carboxylic acids is 1. The Labute approximate surface area is 93.9 Å². The number of carbonyl (C=O) groups is 1. The Morgan fingerprint density at radius 3 is 3.19 bits per heavy atom. The van der Waals surface area contributed by atoms with Crippen molar-refractivity contribution in [3.05, 3.63) is 29.8 Å². The first-order valence-electron chi connectivity index (χ1n) is 5.07. The molecule has 1 heterocycles. The first kappa shape index (κ1) is 10.5. The standard InChI is InChI=1S/C12H13NO3/c1-9(14)13-7-3-5-10-4-2-6-11-12(10)16-8-15-11/h2-6H,7-8H2,1H3,(H,13,14). The molecule has 0 saturated carbocycles. The molecule has 0 aromatic heterocycles. The van der Waals surface area contributed by atoms with Crippen molar-refractivity contribution in [3.8, 4) is 11.5 Å². The van der Waals surface area contributed by atoms with E-state index in [-0.39, 0.29) is 12.7 Å². The van der Waals surface area contributed by atoms with Crippen LogP contribution in [0.2, 0.25) is 0 Å². The summed E-state index contributed by atoms with van der Waals surface area (Å²) in [5.41, 5.74) is 0.959. The van der Waals surface area contributed by atoms with E-state index in [1.54, 1.807) is 0 Å².